The smallest absolute Gasteiger partial charge is 0.328 e. The van der Waals surface area contributed by atoms with Crippen LogP contribution in [-0.4, -0.2) is 30.9 Å². The minimum absolute atomic E-state index is 0.271. The highest BCUT2D eigenvalue weighted by atomic mass is 79.9. The second-order valence-corrected chi connectivity index (χ2v) is 6.52. The van der Waals surface area contributed by atoms with Crippen molar-refractivity contribution in [2.75, 3.05) is 12.4 Å². The van der Waals surface area contributed by atoms with Crippen molar-refractivity contribution in [2.24, 2.45) is 0 Å². The maximum atomic E-state index is 12.6. The van der Waals surface area contributed by atoms with E-state index in [-0.39, 0.29) is 17.9 Å². The molecule has 136 valence electrons. The number of amides is 2. The van der Waals surface area contributed by atoms with Gasteiger partial charge in [0, 0.05) is 17.8 Å². The van der Waals surface area contributed by atoms with Gasteiger partial charge in [0.15, 0.2) is 0 Å². The molecule has 0 saturated heterocycles. The van der Waals surface area contributed by atoms with E-state index in [1.165, 1.54) is 14.0 Å². The first-order valence-electron chi connectivity index (χ1n) is 7.90. The molecule has 2 rings (SSSR count). The summed E-state index contributed by atoms with van der Waals surface area (Å²) >= 11 is 3.36. The van der Waals surface area contributed by atoms with E-state index in [4.69, 9.17) is 4.74 Å². The van der Waals surface area contributed by atoms with Crippen LogP contribution in [0.15, 0.2) is 53.0 Å². The molecule has 7 heteroatoms. The third kappa shape index (κ3) is 5.42. The van der Waals surface area contributed by atoms with Crippen LogP contribution in [0.25, 0.3) is 0 Å². The Morgan fingerprint density at radius 1 is 1.08 bits per heavy atom. The number of para-hydroxylation sites is 1. The summed E-state index contributed by atoms with van der Waals surface area (Å²) in [7, 11) is 1.27. The number of hydrogen-bond acceptors (Lipinski definition) is 4. The van der Waals surface area contributed by atoms with Gasteiger partial charge in [-0.1, -0.05) is 40.2 Å². The Hall–Kier alpha value is -2.67. The number of halogens is 1. The molecule has 2 amide bonds. The summed E-state index contributed by atoms with van der Waals surface area (Å²) < 4.78 is 5.73. The number of methoxy groups -OCH3 is 1. The molecule has 0 bridgehead atoms. The lowest BCUT2D eigenvalue weighted by Gasteiger charge is -2.18. The molecule has 2 aromatic carbocycles. The monoisotopic (exact) mass is 418 g/mol. The molecular weight excluding hydrogens is 400 g/mol. The fraction of sp³-hybridized carbons (Fsp3) is 0.211. The SMILES string of the molecule is COC(=O)[C@@H](Cc1ccc(Br)cc1)NC(=O)c1ccccc1NC(C)=O. The van der Waals surface area contributed by atoms with Crippen LogP contribution in [0.3, 0.4) is 0 Å². The molecule has 0 saturated carbocycles. The second kappa shape index (κ2) is 9.15. The van der Waals surface area contributed by atoms with E-state index in [2.05, 4.69) is 26.6 Å². The minimum Gasteiger partial charge on any atom is -0.467 e. The van der Waals surface area contributed by atoms with Crippen molar-refractivity contribution in [3.8, 4) is 0 Å². The minimum atomic E-state index is -0.848. The number of carbonyl (C=O) groups is 3. The third-order valence-corrected chi connectivity index (χ3v) is 4.16. The number of rotatable bonds is 6. The first-order chi connectivity index (χ1) is 12.4. The lowest BCUT2D eigenvalue weighted by atomic mass is 10.0. The molecule has 1 atom stereocenters. The van der Waals surface area contributed by atoms with Gasteiger partial charge in [0.25, 0.3) is 5.91 Å². The van der Waals surface area contributed by atoms with Gasteiger partial charge in [-0.15, -0.1) is 0 Å². The largest absolute Gasteiger partial charge is 0.467 e. The molecule has 0 aliphatic carbocycles. The molecule has 0 aliphatic heterocycles. The van der Waals surface area contributed by atoms with Crippen molar-refractivity contribution in [3.05, 3.63) is 64.1 Å². The molecule has 2 aromatic rings. The molecule has 0 unspecified atom stereocenters. The van der Waals surface area contributed by atoms with Crippen molar-refractivity contribution in [1.82, 2.24) is 5.32 Å². The van der Waals surface area contributed by atoms with Crippen molar-refractivity contribution in [1.29, 1.82) is 0 Å². The Kier molecular flexibility index (Phi) is 6.91. The van der Waals surface area contributed by atoms with Gasteiger partial charge in [-0.2, -0.15) is 0 Å². The first kappa shape index (κ1) is 19.7. The topological polar surface area (TPSA) is 84.5 Å². The highest BCUT2D eigenvalue weighted by molar-refractivity contribution is 9.10. The number of anilines is 1. The van der Waals surface area contributed by atoms with Crippen LogP contribution in [0, 0.1) is 0 Å². The summed E-state index contributed by atoms with van der Waals surface area (Å²) in [6, 6.07) is 13.2. The summed E-state index contributed by atoms with van der Waals surface area (Å²) in [6.45, 7) is 1.36. The van der Waals surface area contributed by atoms with Crippen LogP contribution in [-0.2, 0) is 20.7 Å². The average Bonchev–Trinajstić information content (AvgIpc) is 2.62. The van der Waals surface area contributed by atoms with Crippen LogP contribution in [0.4, 0.5) is 5.69 Å². The second-order valence-electron chi connectivity index (χ2n) is 5.61. The van der Waals surface area contributed by atoms with E-state index in [0.717, 1.165) is 10.0 Å². The van der Waals surface area contributed by atoms with Gasteiger partial charge in [-0.05, 0) is 29.8 Å². The zero-order valence-electron chi connectivity index (χ0n) is 14.4. The maximum Gasteiger partial charge on any atom is 0.328 e. The predicted molar refractivity (Wildman–Crippen MR) is 102 cm³/mol. The molecule has 6 nitrogen and oxygen atoms in total. The van der Waals surface area contributed by atoms with Gasteiger partial charge in [-0.3, -0.25) is 9.59 Å². The van der Waals surface area contributed by atoms with E-state index in [1.54, 1.807) is 24.3 Å². The summed E-state index contributed by atoms with van der Waals surface area (Å²) in [5, 5.41) is 5.29. The number of esters is 1. The van der Waals surface area contributed by atoms with Crippen molar-refractivity contribution < 1.29 is 19.1 Å². The van der Waals surface area contributed by atoms with Gasteiger partial charge in [0.1, 0.15) is 6.04 Å². The Balaban J connectivity index is 2.20. The molecule has 0 aliphatic rings. The fourth-order valence-corrected chi connectivity index (χ4v) is 2.67. The van der Waals surface area contributed by atoms with Gasteiger partial charge >= 0.3 is 5.97 Å². The number of benzene rings is 2. The Morgan fingerprint density at radius 2 is 1.73 bits per heavy atom. The Labute approximate surface area is 160 Å². The fourth-order valence-electron chi connectivity index (χ4n) is 2.41. The highest BCUT2D eigenvalue weighted by Crippen LogP contribution is 2.16. The zero-order valence-corrected chi connectivity index (χ0v) is 16.0. The van der Waals surface area contributed by atoms with Gasteiger partial charge in [0.2, 0.25) is 5.91 Å². The third-order valence-electron chi connectivity index (χ3n) is 3.63. The number of hydrogen-bond donors (Lipinski definition) is 2. The van der Waals surface area contributed by atoms with Crippen molar-refractivity contribution in [3.63, 3.8) is 0 Å². The molecular formula is C19H19BrN2O4. The summed E-state index contributed by atoms with van der Waals surface area (Å²) in [6.07, 6.45) is 0.286. The molecule has 0 aromatic heterocycles. The van der Waals surface area contributed by atoms with E-state index < -0.39 is 17.9 Å². The van der Waals surface area contributed by atoms with Crippen molar-refractivity contribution >= 4 is 39.4 Å². The summed E-state index contributed by atoms with van der Waals surface area (Å²) in [4.78, 5) is 36.1. The predicted octanol–water partition coefficient (Wildman–Crippen LogP) is 2.92. The maximum absolute atomic E-state index is 12.6. The van der Waals surface area contributed by atoms with E-state index >= 15 is 0 Å². The molecule has 0 fully saturated rings. The summed E-state index contributed by atoms with van der Waals surface area (Å²) in [5.74, 6) is -1.30. The van der Waals surface area contributed by atoms with Crippen LogP contribution in [0.1, 0.15) is 22.8 Å². The van der Waals surface area contributed by atoms with E-state index in [1.807, 2.05) is 24.3 Å². The number of carbonyl (C=O) groups excluding carboxylic acids is 3. The van der Waals surface area contributed by atoms with E-state index in [9.17, 15) is 14.4 Å². The van der Waals surface area contributed by atoms with Crippen LogP contribution < -0.4 is 10.6 Å². The molecule has 0 radical (unpaired) electrons. The quantitative estimate of drug-likeness (QED) is 0.706. The number of ether oxygens (including phenoxy) is 1. The Bertz CT molecular complexity index is 805. The molecule has 2 N–H and O–H groups in total. The van der Waals surface area contributed by atoms with Crippen LogP contribution >= 0.6 is 15.9 Å². The van der Waals surface area contributed by atoms with E-state index in [0.29, 0.717) is 5.69 Å². The first-order valence-corrected chi connectivity index (χ1v) is 8.69. The van der Waals surface area contributed by atoms with Crippen LogP contribution in [0.2, 0.25) is 0 Å². The normalized spacial score (nSPS) is 11.3. The van der Waals surface area contributed by atoms with Gasteiger partial charge in [-0.25, -0.2) is 4.79 Å². The molecule has 26 heavy (non-hydrogen) atoms. The van der Waals surface area contributed by atoms with Gasteiger partial charge in [0.05, 0.1) is 18.4 Å². The zero-order chi connectivity index (χ0) is 19.1. The summed E-state index contributed by atoms with van der Waals surface area (Å²) in [5.41, 5.74) is 1.52. The van der Waals surface area contributed by atoms with Crippen LogP contribution in [0.5, 0.6) is 0 Å². The lowest BCUT2D eigenvalue weighted by Crippen LogP contribution is -2.43. The lowest BCUT2D eigenvalue weighted by molar-refractivity contribution is -0.142. The highest BCUT2D eigenvalue weighted by Gasteiger charge is 2.23. The average molecular weight is 419 g/mol. The van der Waals surface area contributed by atoms with Gasteiger partial charge < -0.3 is 15.4 Å². The van der Waals surface area contributed by atoms with Crippen molar-refractivity contribution in [2.45, 2.75) is 19.4 Å². The number of nitrogens with one attached hydrogen (secondary N) is 2. The molecule has 0 heterocycles. The Morgan fingerprint density at radius 3 is 2.35 bits per heavy atom. The standard InChI is InChI=1S/C19H19BrN2O4/c1-12(23)21-16-6-4-3-5-15(16)18(24)22-17(19(25)26-2)11-13-7-9-14(20)10-8-13/h3-10,17H,11H2,1-2H3,(H,21,23)(H,22,24)/t17-/m1/s1. The molecule has 0 spiro atoms.